The van der Waals surface area contributed by atoms with Gasteiger partial charge in [0, 0.05) is 11.8 Å². The van der Waals surface area contributed by atoms with Crippen molar-refractivity contribution in [1.29, 1.82) is 0 Å². The van der Waals surface area contributed by atoms with Crippen LogP contribution in [0, 0.1) is 0 Å². The highest BCUT2D eigenvalue weighted by Crippen LogP contribution is 2.44. The third kappa shape index (κ3) is 2.73. The number of carboxylic acids is 1. The van der Waals surface area contributed by atoms with E-state index < -0.39 is 11.4 Å². The highest BCUT2D eigenvalue weighted by Gasteiger charge is 2.45. The number of carboxylic acid groups (broad SMARTS) is 1. The van der Waals surface area contributed by atoms with Crippen molar-refractivity contribution in [2.75, 3.05) is 12.4 Å². The predicted molar refractivity (Wildman–Crippen MR) is 90.6 cm³/mol. The second kappa shape index (κ2) is 6.35. The summed E-state index contributed by atoms with van der Waals surface area (Å²) in [7, 11) is 1.41. The molecule has 3 rings (SSSR count). The molecule has 2 N–H and O–H groups in total. The fourth-order valence-electron chi connectivity index (χ4n) is 3.13. The van der Waals surface area contributed by atoms with Crippen LogP contribution >= 0.6 is 0 Å². The van der Waals surface area contributed by atoms with E-state index >= 15 is 0 Å². The van der Waals surface area contributed by atoms with Crippen LogP contribution in [0.2, 0.25) is 0 Å². The zero-order valence-corrected chi connectivity index (χ0v) is 13.4. The van der Waals surface area contributed by atoms with E-state index in [2.05, 4.69) is 5.32 Å². The Morgan fingerprint density at radius 3 is 2.38 bits per heavy atom. The van der Waals surface area contributed by atoms with Gasteiger partial charge in [-0.15, -0.1) is 0 Å². The van der Waals surface area contributed by atoms with E-state index in [1.807, 2.05) is 30.3 Å². The molecule has 2 aromatic carbocycles. The summed E-state index contributed by atoms with van der Waals surface area (Å²) in [6.07, 6.45) is 2.64. The fraction of sp³-hybridized carbons (Fsp3) is 0.263. The zero-order chi connectivity index (χ0) is 17.2. The fourth-order valence-corrected chi connectivity index (χ4v) is 3.13. The highest BCUT2D eigenvalue weighted by molar-refractivity contribution is 6.00. The first-order valence-electron chi connectivity index (χ1n) is 7.85. The number of ether oxygens (including phenoxy) is 1. The van der Waals surface area contributed by atoms with E-state index in [1.165, 1.54) is 13.2 Å². The van der Waals surface area contributed by atoms with Crippen LogP contribution in [0.4, 0.5) is 5.69 Å². The molecule has 5 heteroatoms. The van der Waals surface area contributed by atoms with Crippen LogP contribution in [-0.2, 0) is 10.2 Å². The number of nitrogens with one attached hydrogen (secondary N) is 1. The van der Waals surface area contributed by atoms with Crippen LogP contribution in [0.15, 0.2) is 48.5 Å². The Kier molecular flexibility index (Phi) is 4.25. The molecule has 0 heterocycles. The van der Waals surface area contributed by atoms with Crippen molar-refractivity contribution in [1.82, 2.24) is 0 Å². The molecule has 24 heavy (non-hydrogen) atoms. The number of aromatic carboxylic acids is 1. The van der Waals surface area contributed by atoms with E-state index in [4.69, 9.17) is 9.84 Å². The lowest BCUT2D eigenvalue weighted by Crippen LogP contribution is -2.45. The predicted octanol–water partition coefficient (Wildman–Crippen LogP) is 3.45. The number of benzene rings is 2. The third-order valence-corrected chi connectivity index (χ3v) is 4.66. The Hall–Kier alpha value is -2.82. The molecule has 5 nitrogen and oxygen atoms in total. The number of amides is 1. The van der Waals surface area contributed by atoms with E-state index in [9.17, 15) is 9.59 Å². The van der Waals surface area contributed by atoms with E-state index in [0.29, 0.717) is 5.69 Å². The third-order valence-electron chi connectivity index (χ3n) is 4.66. The van der Waals surface area contributed by atoms with Gasteiger partial charge in [0.2, 0.25) is 5.91 Å². The van der Waals surface area contributed by atoms with Crippen molar-refractivity contribution in [3.8, 4) is 5.75 Å². The molecule has 0 atom stereocenters. The smallest absolute Gasteiger partial charge is 0.339 e. The monoisotopic (exact) mass is 325 g/mol. The Morgan fingerprint density at radius 1 is 1.12 bits per heavy atom. The molecule has 1 amide bonds. The summed E-state index contributed by atoms with van der Waals surface area (Å²) in [6.45, 7) is 0. The van der Waals surface area contributed by atoms with Gasteiger partial charge in [-0.1, -0.05) is 36.8 Å². The van der Waals surface area contributed by atoms with Gasteiger partial charge in [-0.3, -0.25) is 4.79 Å². The Morgan fingerprint density at radius 2 is 1.83 bits per heavy atom. The SMILES string of the molecule is COc1cc(NC(=O)C2(c3ccccc3)CCC2)ccc1C(=O)O. The van der Waals surface area contributed by atoms with Crippen LogP contribution in [0.1, 0.15) is 35.2 Å². The normalized spacial score (nSPS) is 15.2. The van der Waals surface area contributed by atoms with Gasteiger partial charge in [0.15, 0.2) is 0 Å². The first-order valence-corrected chi connectivity index (χ1v) is 7.85. The molecule has 0 saturated heterocycles. The second-order valence-electron chi connectivity index (χ2n) is 5.98. The van der Waals surface area contributed by atoms with Crippen molar-refractivity contribution in [3.05, 3.63) is 59.7 Å². The maximum atomic E-state index is 12.9. The first-order chi connectivity index (χ1) is 11.6. The van der Waals surface area contributed by atoms with Gasteiger partial charge in [0.25, 0.3) is 0 Å². The van der Waals surface area contributed by atoms with Gasteiger partial charge < -0.3 is 15.2 Å². The lowest BCUT2D eigenvalue weighted by Gasteiger charge is -2.40. The molecule has 2 aromatic rings. The van der Waals surface area contributed by atoms with Crippen molar-refractivity contribution < 1.29 is 19.4 Å². The molecular weight excluding hydrogens is 306 g/mol. The molecule has 1 saturated carbocycles. The molecule has 0 radical (unpaired) electrons. The van der Waals surface area contributed by atoms with Gasteiger partial charge in [0.1, 0.15) is 11.3 Å². The molecule has 0 bridgehead atoms. The lowest BCUT2D eigenvalue weighted by molar-refractivity contribution is -0.124. The summed E-state index contributed by atoms with van der Waals surface area (Å²) in [5.41, 5.74) is 1.11. The molecule has 124 valence electrons. The first kappa shape index (κ1) is 16.1. The van der Waals surface area contributed by atoms with Gasteiger partial charge in [-0.05, 0) is 30.5 Å². The summed E-state index contributed by atoms with van der Waals surface area (Å²) < 4.78 is 5.11. The molecule has 1 aliphatic carbocycles. The van der Waals surface area contributed by atoms with Gasteiger partial charge in [-0.25, -0.2) is 4.79 Å². The molecule has 0 unspecified atom stereocenters. The molecule has 0 spiro atoms. The van der Waals surface area contributed by atoms with Crippen molar-refractivity contribution >= 4 is 17.6 Å². The number of anilines is 1. The standard InChI is InChI=1S/C19H19NO4/c1-24-16-12-14(8-9-15(16)17(21)22)20-18(23)19(10-5-11-19)13-6-3-2-4-7-13/h2-4,6-9,12H,5,10-11H2,1H3,(H,20,23)(H,21,22). The van der Waals surface area contributed by atoms with E-state index in [-0.39, 0.29) is 17.2 Å². The number of hydrogen-bond acceptors (Lipinski definition) is 3. The highest BCUT2D eigenvalue weighted by atomic mass is 16.5. The van der Waals surface area contributed by atoms with Crippen LogP contribution in [0.5, 0.6) is 5.75 Å². The lowest BCUT2D eigenvalue weighted by atomic mass is 9.64. The minimum atomic E-state index is -1.07. The van der Waals surface area contributed by atoms with E-state index in [0.717, 1.165) is 24.8 Å². The topological polar surface area (TPSA) is 75.6 Å². The summed E-state index contributed by atoms with van der Waals surface area (Å²) in [6, 6.07) is 14.3. The summed E-state index contributed by atoms with van der Waals surface area (Å²) in [4.78, 5) is 24.0. The van der Waals surface area contributed by atoms with Crippen molar-refractivity contribution in [2.45, 2.75) is 24.7 Å². The zero-order valence-electron chi connectivity index (χ0n) is 13.4. The van der Waals surface area contributed by atoms with Crippen LogP contribution in [-0.4, -0.2) is 24.1 Å². The van der Waals surface area contributed by atoms with Crippen LogP contribution in [0.3, 0.4) is 0 Å². The van der Waals surface area contributed by atoms with Crippen molar-refractivity contribution in [2.24, 2.45) is 0 Å². The van der Waals surface area contributed by atoms with Crippen LogP contribution in [0.25, 0.3) is 0 Å². The van der Waals surface area contributed by atoms with Gasteiger partial charge in [-0.2, -0.15) is 0 Å². The number of hydrogen-bond donors (Lipinski definition) is 2. The second-order valence-corrected chi connectivity index (χ2v) is 5.98. The van der Waals surface area contributed by atoms with Gasteiger partial charge >= 0.3 is 5.97 Å². The minimum Gasteiger partial charge on any atom is -0.496 e. The number of rotatable bonds is 5. The van der Waals surface area contributed by atoms with Crippen molar-refractivity contribution in [3.63, 3.8) is 0 Å². The summed E-state index contributed by atoms with van der Waals surface area (Å²) in [5, 5.41) is 12.0. The average molecular weight is 325 g/mol. The van der Waals surface area contributed by atoms with Gasteiger partial charge in [0.05, 0.1) is 12.5 Å². The number of methoxy groups -OCH3 is 1. The Balaban J connectivity index is 1.85. The Bertz CT molecular complexity index is 766. The molecule has 0 aliphatic heterocycles. The quantitative estimate of drug-likeness (QED) is 0.883. The molecular formula is C19H19NO4. The number of carbonyl (C=O) groups excluding carboxylic acids is 1. The molecule has 1 fully saturated rings. The molecule has 0 aromatic heterocycles. The summed E-state index contributed by atoms with van der Waals surface area (Å²) >= 11 is 0. The molecule has 1 aliphatic rings. The Labute approximate surface area is 140 Å². The maximum Gasteiger partial charge on any atom is 0.339 e. The largest absolute Gasteiger partial charge is 0.496 e. The maximum absolute atomic E-state index is 12.9. The minimum absolute atomic E-state index is 0.0647. The number of carbonyl (C=O) groups is 2. The summed E-state index contributed by atoms with van der Waals surface area (Å²) in [5.74, 6) is -0.905. The van der Waals surface area contributed by atoms with E-state index in [1.54, 1.807) is 12.1 Å². The average Bonchev–Trinajstić information content (AvgIpc) is 2.54. The van der Waals surface area contributed by atoms with Crippen LogP contribution < -0.4 is 10.1 Å².